The first-order valence-electron chi connectivity index (χ1n) is 6.23. The number of rotatable bonds is 3. The van der Waals surface area contributed by atoms with E-state index < -0.39 is 0 Å². The van der Waals surface area contributed by atoms with E-state index in [0.29, 0.717) is 23.0 Å². The molecule has 0 spiro atoms. The summed E-state index contributed by atoms with van der Waals surface area (Å²) in [4.78, 5) is 13.6. The van der Waals surface area contributed by atoms with Crippen molar-refractivity contribution in [2.45, 2.75) is 34.2 Å². The average molecular weight is 294 g/mol. The van der Waals surface area contributed by atoms with Crippen LogP contribution in [0, 0.1) is 20.8 Å². The number of aryl methyl sites for hydroxylation is 2. The summed E-state index contributed by atoms with van der Waals surface area (Å²) in [6.07, 6.45) is 0. The van der Waals surface area contributed by atoms with E-state index >= 15 is 0 Å². The number of anilines is 1. The standard InChI is InChI=1S/C14H16ClN3O2/c1-8-5-6-12(15)9(2)14(8)18(11(4)19)7-13-10(3)16-20-17-13/h5-6H,7H2,1-4H3. The summed E-state index contributed by atoms with van der Waals surface area (Å²) in [5.41, 5.74) is 3.98. The molecular weight excluding hydrogens is 278 g/mol. The summed E-state index contributed by atoms with van der Waals surface area (Å²) in [5.74, 6) is -0.0825. The molecule has 0 N–H and O–H groups in total. The van der Waals surface area contributed by atoms with Crippen molar-refractivity contribution < 1.29 is 9.42 Å². The van der Waals surface area contributed by atoms with Crippen LogP contribution in [0.1, 0.15) is 29.4 Å². The van der Waals surface area contributed by atoms with Crippen LogP contribution < -0.4 is 4.90 Å². The Balaban J connectivity index is 2.47. The first kappa shape index (κ1) is 14.5. The van der Waals surface area contributed by atoms with Gasteiger partial charge in [-0.15, -0.1) is 0 Å². The topological polar surface area (TPSA) is 59.2 Å². The largest absolute Gasteiger partial charge is 0.306 e. The van der Waals surface area contributed by atoms with E-state index in [4.69, 9.17) is 11.6 Å². The Morgan fingerprint density at radius 2 is 2.00 bits per heavy atom. The van der Waals surface area contributed by atoms with Gasteiger partial charge in [0.25, 0.3) is 0 Å². The van der Waals surface area contributed by atoms with Gasteiger partial charge in [0.1, 0.15) is 11.4 Å². The molecule has 6 heteroatoms. The number of aromatic nitrogens is 2. The van der Waals surface area contributed by atoms with Gasteiger partial charge in [0.2, 0.25) is 5.91 Å². The molecule has 0 aliphatic carbocycles. The van der Waals surface area contributed by atoms with Crippen LogP contribution >= 0.6 is 11.6 Å². The summed E-state index contributed by atoms with van der Waals surface area (Å²) in [7, 11) is 0. The fourth-order valence-electron chi connectivity index (χ4n) is 2.12. The lowest BCUT2D eigenvalue weighted by Crippen LogP contribution is -2.29. The fourth-order valence-corrected chi connectivity index (χ4v) is 2.27. The first-order valence-corrected chi connectivity index (χ1v) is 6.61. The second kappa shape index (κ2) is 5.63. The lowest BCUT2D eigenvalue weighted by Gasteiger charge is -2.24. The van der Waals surface area contributed by atoms with Gasteiger partial charge < -0.3 is 4.90 Å². The van der Waals surface area contributed by atoms with Crippen LogP contribution in [0.2, 0.25) is 5.02 Å². The number of carbonyl (C=O) groups excluding carboxylic acids is 1. The second-order valence-electron chi connectivity index (χ2n) is 4.74. The Morgan fingerprint density at radius 1 is 1.30 bits per heavy atom. The second-order valence-corrected chi connectivity index (χ2v) is 5.15. The average Bonchev–Trinajstić information content (AvgIpc) is 2.78. The molecule has 1 heterocycles. The van der Waals surface area contributed by atoms with Gasteiger partial charge in [-0.2, -0.15) is 0 Å². The van der Waals surface area contributed by atoms with Gasteiger partial charge in [0, 0.05) is 11.9 Å². The quantitative estimate of drug-likeness (QED) is 0.872. The molecule has 0 fully saturated rings. The molecule has 5 nitrogen and oxygen atoms in total. The smallest absolute Gasteiger partial charge is 0.224 e. The highest BCUT2D eigenvalue weighted by atomic mass is 35.5. The van der Waals surface area contributed by atoms with Crippen LogP contribution in [-0.4, -0.2) is 16.2 Å². The highest BCUT2D eigenvalue weighted by Gasteiger charge is 2.20. The van der Waals surface area contributed by atoms with Gasteiger partial charge in [0.05, 0.1) is 12.2 Å². The molecule has 20 heavy (non-hydrogen) atoms. The molecule has 1 aromatic carbocycles. The molecule has 106 valence electrons. The van der Waals surface area contributed by atoms with Crippen LogP contribution in [0.3, 0.4) is 0 Å². The van der Waals surface area contributed by atoms with Crippen molar-refractivity contribution in [3.63, 3.8) is 0 Å². The predicted octanol–water partition coefficient (Wildman–Crippen LogP) is 3.20. The van der Waals surface area contributed by atoms with Gasteiger partial charge in [0.15, 0.2) is 0 Å². The van der Waals surface area contributed by atoms with Crippen LogP contribution in [-0.2, 0) is 11.3 Å². The third kappa shape index (κ3) is 2.67. The van der Waals surface area contributed by atoms with Crippen molar-refractivity contribution in [3.05, 3.63) is 39.7 Å². The number of benzene rings is 1. The number of amides is 1. The number of halogens is 1. The van der Waals surface area contributed by atoms with Gasteiger partial charge in [-0.05, 0) is 38.0 Å². The molecule has 2 rings (SSSR count). The maximum Gasteiger partial charge on any atom is 0.224 e. The van der Waals surface area contributed by atoms with Gasteiger partial charge >= 0.3 is 0 Å². The maximum absolute atomic E-state index is 12.0. The van der Waals surface area contributed by atoms with Crippen molar-refractivity contribution in [2.75, 3.05) is 4.90 Å². The normalized spacial score (nSPS) is 10.7. The van der Waals surface area contributed by atoms with E-state index in [-0.39, 0.29) is 5.91 Å². The lowest BCUT2D eigenvalue weighted by molar-refractivity contribution is -0.116. The van der Waals surface area contributed by atoms with Crippen molar-refractivity contribution in [2.24, 2.45) is 0 Å². The molecule has 0 unspecified atom stereocenters. The molecule has 0 saturated heterocycles. The van der Waals surface area contributed by atoms with E-state index in [1.165, 1.54) is 6.92 Å². The minimum absolute atomic E-state index is 0.0825. The number of hydrogen-bond acceptors (Lipinski definition) is 4. The maximum atomic E-state index is 12.0. The summed E-state index contributed by atoms with van der Waals surface area (Å²) in [6.45, 7) is 7.47. The van der Waals surface area contributed by atoms with Gasteiger partial charge in [-0.3, -0.25) is 4.79 Å². The Hall–Kier alpha value is -1.88. The third-order valence-corrected chi connectivity index (χ3v) is 3.68. The summed E-state index contributed by atoms with van der Waals surface area (Å²) in [6, 6.07) is 3.73. The molecule has 0 radical (unpaired) electrons. The minimum Gasteiger partial charge on any atom is -0.306 e. The molecule has 1 amide bonds. The molecule has 1 aromatic heterocycles. The molecule has 0 aliphatic rings. The Labute approximate surface area is 122 Å². The van der Waals surface area contributed by atoms with E-state index in [1.807, 2.05) is 26.0 Å². The third-order valence-electron chi connectivity index (χ3n) is 3.27. The zero-order valence-corrected chi connectivity index (χ0v) is 12.7. The molecule has 2 aromatic rings. The highest BCUT2D eigenvalue weighted by molar-refractivity contribution is 6.31. The molecule has 0 saturated carbocycles. The van der Waals surface area contributed by atoms with E-state index in [0.717, 1.165) is 16.8 Å². The Morgan fingerprint density at radius 3 is 2.55 bits per heavy atom. The zero-order chi connectivity index (χ0) is 14.9. The summed E-state index contributed by atoms with van der Waals surface area (Å²) >= 11 is 6.16. The van der Waals surface area contributed by atoms with Crippen LogP contribution in [0.4, 0.5) is 5.69 Å². The van der Waals surface area contributed by atoms with Crippen LogP contribution in [0.5, 0.6) is 0 Å². The first-order chi connectivity index (χ1) is 9.41. The molecule has 0 bridgehead atoms. The SMILES string of the molecule is CC(=O)N(Cc1nonc1C)c1c(C)ccc(Cl)c1C. The van der Waals surface area contributed by atoms with Gasteiger partial charge in [-0.25, -0.2) is 4.63 Å². The fraction of sp³-hybridized carbons (Fsp3) is 0.357. The molecule has 0 atom stereocenters. The number of nitrogens with zero attached hydrogens (tertiary/aromatic N) is 3. The van der Waals surface area contributed by atoms with Crippen molar-refractivity contribution in [1.82, 2.24) is 10.3 Å². The van der Waals surface area contributed by atoms with Crippen LogP contribution in [0.25, 0.3) is 0 Å². The zero-order valence-electron chi connectivity index (χ0n) is 11.9. The van der Waals surface area contributed by atoms with Crippen molar-refractivity contribution >= 4 is 23.2 Å². The minimum atomic E-state index is -0.0825. The number of hydrogen-bond donors (Lipinski definition) is 0. The predicted molar refractivity (Wildman–Crippen MR) is 76.8 cm³/mol. The summed E-state index contributed by atoms with van der Waals surface area (Å²) in [5, 5.41) is 8.20. The van der Waals surface area contributed by atoms with Crippen molar-refractivity contribution in [3.8, 4) is 0 Å². The molecule has 0 aliphatic heterocycles. The van der Waals surface area contributed by atoms with Crippen molar-refractivity contribution in [1.29, 1.82) is 0 Å². The molecular formula is C14H16ClN3O2. The monoisotopic (exact) mass is 293 g/mol. The summed E-state index contributed by atoms with van der Waals surface area (Å²) < 4.78 is 4.68. The number of carbonyl (C=O) groups is 1. The highest BCUT2D eigenvalue weighted by Crippen LogP contribution is 2.31. The van der Waals surface area contributed by atoms with Crippen LogP contribution in [0.15, 0.2) is 16.8 Å². The Bertz CT molecular complexity index is 652. The van der Waals surface area contributed by atoms with E-state index in [1.54, 1.807) is 11.8 Å². The van der Waals surface area contributed by atoms with Gasteiger partial charge in [-0.1, -0.05) is 28.0 Å². The van der Waals surface area contributed by atoms with E-state index in [2.05, 4.69) is 14.9 Å². The van der Waals surface area contributed by atoms with E-state index in [9.17, 15) is 4.79 Å². The Kier molecular flexibility index (Phi) is 4.09. The lowest BCUT2D eigenvalue weighted by atomic mass is 10.1.